The van der Waals surface area contributed by atoms with E-state index in [1.807, 2.05) is 37.1 Å². The molecule has 0 aliphatic heterocycles. The maximum absolute atomic E-state index is 5.90. The lowest BCUT2D eigenvalue weighted by Gasteiger charge is -2.25. The normalized spacial score (nSPS) is 10.4. The van der Waals surface area contributed by atoms with Crippen molar-refractivity contribution >= 4 is 34.6 Å². The van der Waals surface area contributed by atoms with E-state index in [0.29, 0.717) is 6.04 Å². The summed E-state index contributed by atoms with van der Waals surface area (Å²) in [6.45, 7) is 6.21. The van der Waals surface area contributed by atoms with Crippen molar-refractivity contribution in [3.8, 4) is 0 Å². The van der Waals surface area contributed by atoms with Crippen LogP contribution in [0.5, 0.6) is 0 Å². The number of halogens is 1. The smallest absolute Gasteiger partial charge is 0.173 e. The van der Waals surface area contributed by atoms with E-state index >= 15 is 0 Å². The Morgan fingerprint density at radius 2 is 2.06 bits per heavy atom. The number of anilines is 1. The van der Waals surface area contributed by atoms with Crippen molar-refractivity contribution in [2.75, 3.05) is 12.4 Å². The van der Waals surface area contributed by atoms with E-state index in [4.69, 9.17) is 23.8 Å². The summed E-state index contributed by atoms with van der Waals surface area (Å²) < 4.78 is 0. The zero-order chi connectivity index (χ0) is 12.3. The highest BCUT2D eigenvalue weighted by atomic mass is 35.5. The molecule has 0 unspecified atom stereocenters. The first-order valence-corrected chi connectivity index (χ1v) is 6.00. The Morgan fingerprint density at radius 1 is 1.44 bits per heavy atom. The van der Waals surface area contributed by atoms with E-state index in [9.17, 15) is 0 Å². The fraction of sp³-hybridized carbons (Fsp3) is 0.417. The zero-order valence-corrected chi connectivity index (χ0v) is 11.6. The second-order valence-electron chi connectivity index (χ2n) is 4.09. The molecule has 1 rings (SSSR count). The fourth-order valence-electron chi connectivity index (χ4n) is 1.21. The number of aryl methyl sites for hydroxylation is 1. The molecule has 0 saturated heterocycles. The maximum atomic E-state index is 5.90. The Bertz CT molecular complexity index is 391. The molecular formula is C12H17ClN2S. The Hall–Kier alpha value is -0.800. The van der Waals surface area contributed by atoms with Crippen LogP contribution in [-0.4, -0.2) is 23.1 Å². The first kappa shape index (κ1) is 13.3. The molecule has 0 saturated carbocycles. The van der Waals surface area contributed by atoms with E-state index in [0.717, 1.165) is 21.4 Å². The molecule has 0 aliphatic carbocycles. The van der Waals surface area contributed by atoms with Gasteiger partial charge in [-0.05, 0) is 56.8 Å². The lowest BCUT2D eigenvalue weighted by molar-refractivity contribution is 0.423. The molecule has 0 aromatic heterocycles. The van der Waals surface area contributed by atoms with Gasteiger partial charge in [-0.3, -0.25) is 0 Å². The first-order valence-electron chi connectivity index (χ1n) is 5.21. The molecule has 0 fully saturated rings. The molecule has 1 aromatic rings. The van der Waals surface area contributed by atoms with Crippen molar-refractivity contribution in [1.29, 1.82) is 0 Å². The van der Waals surface area contributed by atoms with E-state index in [1.54, 1.807) is 0 Å². The van der Waals surface area contributed by atoms with E-state index in [2.05, 4.69) is 19.2 Å². The largest absolute Gasteiger partial charge is 0.350 e. The Labute approximate surface area is 108 Å². The number of benzene rings is 1. The Kier molecular flexibility index (Phi) is 4.56. The predicted octanol–water partition coefficient (Wildman–Crippen LogP) is 3.69. The van der Waals surface area contributed by atoms with Gasteiger partial charge in [0.25, 0.3) is 0 Å². The van der Waals surface area contributed by atoms with Gasteiger partial charge in [-0.1, -0.05) is 11.6 Å². The molecule has 1 aromatic carbocycles. The number of hydrogen-bond acceptors (Lipinski definition) is 1. The van der Waals surface area contributed by atoms with Gasteiger partial charge in [0.15, 0.2) is 5.11 Å². The highest BCUT2D eigenvalue weighted by Crippen LogP contribution is 2.20. The van der Waals surface area contributed by atoms with Crippen LogP contribution in [0.1, 0.15) is 19.4 Å². The lowest BCUT2D eigenvalue weighted by Crippen LogP contribution is -2.36. The summed E-state index contributed by atoms with van der Waals surface area (Å²) in [5, 5.41) is 4.68. The van der Waals surface area contributed by atoms with Crippen LogP contribution in [0.2, 0.25) is 5.02 Å². The molecule has 4 heteroatoms. The molecule has 16 heavy (non-hydrogen) atoms. The quantitative estimate of drug-likeness (QED) is 0.813. The van der Waals surface area contributed by atoms with Gasteiger partial charge in [-0.15, -0.1) is 0 Å². The molecule has 0 bridgehead atoms. The van der Waals surface area contributed by atoms with E-state index in [-0.39, 0.29) is 0 Å². The number of hydrogen-bond donors (Lipinski definition) is 1. The minimum atomic E-state index is 0.382. The summed E-state index contributed by atoms with van der Waals surface area (Å²) in [4.78, 5) is 2.02. The molecule has 0 heterocycles. The highest BCUT2D eigenvalue weighted by Gasteiger charge is 2.09. The standard InChI is InChI=1S/C12H17ClN2S/c1-8(2)15(4)12(16)14-11-6-5-10(13)7-9(11)3/h5-8H,1-4H3,(H,14,16). The minimum Gasteiger partial charge on any atom is -0.350 e. The second-order valence-corrected chi connectivity index (χ2v) is 4.92. The second kappa shape index (κ2) is 5.51. The zero-order valence-electron chi connectivity index (χ0n) is 10.0. The monoisotopic (exact) mass is 256 g/mol. The van der Waals surface area contributed by atoms with Crippen molar-refractivity contribution in [2.45, 2.75) is 26.8 Å². The van der Waals surface area contributed by atoms with Crippen LogP contribution in [0.4, 0.5) is 5.69 Å². The third-order valence-corrected chi connectivity index (χ3v) is 3.15. The van der Waals surface area contributed by atoms with Gasteiger partial charge in [0.05, 0.1) is 0 Å². The first-order chi connectivity index (χ1) is 7.41. The average molecular weight is 257 g/mol. The molecule has 0 amide bonds. The number of thiocarbonyl (C=S) groups is 1. The van der Waals surface area contributed by atoms with Crippen LogP contribution >= 0.6 is 23.8 Å². The number of nitrogens with one attached hydrogen (secondary N) is 1. The topological polar surface area (TPSA) is 15.3 Å². The van der Waals surface area contributed by atoms with Gasteiger partial charge in [-0.25, -0.2) is 0 Å². The Morgan fingerprint density at radius 3 is 2.56 bits per heavy atom. The van der Waals surface area contributed by atoms with Gasteiger partial charge in [0.1, 0.15) is 0 Å². The van der Waals surface area contributed by atoms with Crippen LogP contribution in [-0.2, 0) is 0 Å². The van der Waals surface area contributed by atoms with Crippen molar-refractivity contribution in [3.63, 3.8) is 0 Å². The van der Waals surface area contributed by atoms with Gasteiger partial charge in [0, 0.05) is 23.8 Å². The van der Waals surface area contributed by atoms with E-state index < -0.39 is 0 Å². The third-order valence-electron chi connectivity index (χ3n) is 2.52. The van der Waals surface area contributed by atoms with Gasteiger partial charge in [0.2, 0.25) is 0 Å². The summed E-state index contributed by atoms with van der Waals surface area (Å²) >= 11 is 11.2. The molecular weight excluding hydrogens is 240 g/mol. The summed E-state index contributed by atoms with van der Waals surface area (Å²) in [6, 6.07) is 6.10. The van der Waals surface area contributed by atoms with Crippen molar-refractivity contribution in [2.24, 2.45) is 0 Å². The van der Waals surface area contributed by atoms with Crippen molar-refractivity contribution < 1.29 is 0 Å². The average Bonchev–Trinajstić information content (AvgIpc) is 2.20. The summed E-state index contributed by atoms with van der Waals surface area (Å²) in [7, 11) is 1.98. The highest BCUT2D eigenvalue weighted by molar-refractivity contribution is 7.80. The molecule has 2 nitrogen and oxygen atoms in total. The predicted molar refractivity (Wildman–Crippen MR) is 75.3 cm³/mol. The molecule has 0 radical (unpaired) electrons. The maximum Gasteiger partial charge on any atom is 0.173 e. The Balaban J connectivity index is 2.77. The van der Waals surface area contributed by atoms with Crippen molar-refractivity contribution in [1.82, 2.24) is 4.90 Å². The molecule has 1 N–H and O–H groups in total. The van der Waals surface area contributed by atoms with Crippen LogP contribution in [0, 0.1) is 6.92 Å². The van der Waals surface area contributed by atoms with Crippen LogP contribution in [0.3, 0.4) is 0 Å². The van der Waals surface area contributed by atoms with Crippen molar-refractivity contribution in [3.05, 3.63) is 28.8 Å². The van der Waals surface area contributed by atoms with Gasteiger partial charge < -0.3 is 10.2 Å². The van der Waals surface area contributed by atoms with Crippen LogP contribution < -0.4 is 5.32 Å². The summed E-state index contributed by atoms with van der Waals surface area (Å²) in [5.41, 5.74) is 2.09. The summed E-state index contributed by atoms with van der Waals surface area (Å²) in [5.74, 6) is 0. The van der Waals surface area contributed by atoms with Crippen LogP contribution in [0.25, 0.3) is 0 Å². The molecule has 0 atom stereocenters. The third kappa shape index (κ3) is 3.35. The summed E-state index contributed by atoms with van der Waals surface area (Å²) in [6.07, 6.45) is 0. The number of rotatable bonds is 2. The van der Waals surface area contributed by atoms with Gasteiger partial charge in [-0.2, -0.15) is 0 Å². The SMILES string of the molecule is Cc1cc(Cl)ccc1NC(=S)N(C)C(C)C. The van der Waals surface area contributed by atoms with E-state index in [1.165, 1.54) is 0 Å². The number of nitrogens with zero attached hydrogens (tertiary/aromatic N) is 1. The van der Waals surface area contributed by atoms with Gasteiger partial charge >= 0.3 is 0 Å². The lowest BCUT2D eigenvalue weighted by atomic mass is 10.2. The minimum absolute atomic E-state index is 0.382. The van der Waals surface area contributed by atoms with Crippen LogP contribution in [0.15, 0.2) is 18.2 Å². The molecule has 88 valence electrons. The fourth-order valence-corrected chi connectivity index (χ4v) is 1.75. The molecule has 0 aliphatic rings. The molecule has 0 spiro atoms.